The number of amides is 1. The van der Waals surface area contributed by atoms with Crippen molar-refractivity contribution in [2.75, 3.05) is 13.2 Å². The summed E-state index contributed by atoms with van der Waals surface area (Å²) in [6.45, 7) is 0.903. The Labute approximate surface area is 133 Å². The number of carbonyl (C=O) groups is 1. The Balaban J connectivity index is 1.69. The van der Waals surface area contributed by atoms with Crippen molar-refractivity contribution in [3.63, 3.8) is 0 Å². The van der Waals surface area contributed by atoms with Gasteiger partial charge >= 0.3 is 0 Å². The number of phenols is 1. The second kappa shape index (κ2) is 7.77. The molecule has 1 aromatic carbocycles. The number of benzene rings is 1. The fraction of sp³-hybridized carbons (Fsp3) is 0.533. The van der Waals surface area contributed by atoms with Crippen LogP contribution in [-0.4, -0.2) is 36.3 Å². The summed E-state index contributed by atoms with van der Waals surface area (Å²) in [7, 11) is 0. The van der Waals surface area contributed by atoms with Crippen LogP contribution < -0.4 is 11.1 Å². The van der Waals surface area contributed by atoms with E-state index in [1.165, 1.54) is 6.07 Å². The maximum absolute atomic E-state index is 11.9. The normalized spacial score (nSPS) is 22.0. The van der Waals surface area contributed by atoms with Gasteiger partial charge in [0.25, 0.3) is 5.91 Å². The number of phenolic OH excluding ortho intramolecular Hbond substituents is 1. The molecule has 1 fully saturated rings. The molecule has 1 aliphatic carbocycles. The molecule has 1 saturated carbocycles. The molecule has 21 heavy (non-hydrogen) atoms. The summed E-state index contributed by atoms with van der Waals surface area (Å²) >= 11 is 3.24. The lowest BCUT2D eigenvalue weighted by Gasteiger charge is -2.26. The van der Waals surface area contributed by atoms with E-state index in [0.717, 1.165) is 30.2 Å². The zero-order valence-electron chi connectivity index (χ0n) is 11.8. The van der Waals surface area contributed by atoms with Crippen molar-refractivity contribution in [1.82, 2.24) is 5.32 Å². The molecule has 2 rings (SSSR count). The predicted molar refractivity (Wildman–Crippen MR) is 84.3 cm³/mol. The third-order valence-electron chi connectivity index (χ3n) is 3.66. The molecule has 4 N–H and O–H groups in total. The van der Waals surface area contributed by atoms with Crippen LogP contribution in [0.25, 0.3) is 0 Å². The fourth-order valence-corrected chi connectivity index (χ4v) is 2.79. The SMILES string of the molecule is NC1CCC(OCCNC(=O)c2ccc(Br)cc2O)CC1. The minimum Gasteiger partial charge on any atom is -0.507 e. The van der Waals surface area contributed by atoms with Gasteiger partial charge < -0.3 is 20.9 Å². The Morgan fingerprint density at radius 1 is 1.38 bits per heavy atom. The Morgan fingerprint density at radius 3 is 2.76 bits per heavy atom. The monoisotopic (exact) mass is 356 g/mol. The van der Waals surface area contributed by atoms with Gasteiger partial charge in [-0.25, -0.2) is 0 Å². The molecule has 0 saturated heterocycles. The molecule has 0 heterocycles. The quantitative estimate of drug-likeness (QED) is 0.705. The lowest BCUT2D eigenvalue weighted by Crippen LogP contribution is -2.33. The minimum absolute atomic E-state index is 0.0379. The highest BCUT2D eigenvalue weighted by Crippen LogP contribution is 2.22. The second-order valence-corrected chi connectivity index (χ2v) is 6.24. The van der Waals surface area contributed by atoms with Crippen LogP contribution in [0, 0.1) is 0 Å². The van der Waals surface area contributed by atoms with E-state index in [1.807, 2.05) is 0 Å². The van der Waals surface area contributed by atoms with Crippen molar-refractivity contribution in [2.45, 2.75) is 37.8 Å². The number of rotatable bonds is 5. The summed E-state index contributed by atoms with van der Waals surface area (Å²) in [6.07, 6.45) is 4.24. The summed E-state index contributed by atoms with van der Waals surface area (Å²) in [4.78, 5) is 11.9. The first-order valence-corrected chi connectivity index (χ1v) is 7.99. The summed E-state index contributed by atoms with van der Waals surface area (Å²) < 4.78 is 6.46. The molecule has 0 aliphatic heterocycles. The molecule has 1 aromatic rings. The van der Waals surface area contributed by atoms with E-state index in [0.29, 0.717) is 19.2 Å². The number of nitrogens with one attached hydrogen (secondary N) is 1. The van der Waals surface area contributed by atoms with Gasteiger partial charge in [0.05, 0.1) is 18.3 Å². The van der Waals surface area contributed by atoms with E-state index in [9.17, 15) is 9.90 Å². The van der Waals surface area contributed by atoms with Gasteiger partial charge in [0.2, 0.25) is 0 Å². The van der Waals surface area contributed by atoms with Crippen molar-refractivity contribution in [1.29, 1.82) is 0 Å². The molecule has 5 nitrogen and oxygen atoms in total. The zero-order chi connectivity index (χ0) is 15.2. The van der Waals surface area contributed by atoms with Crippen molar-refractivity contribution in [3.05, 3.63) is 28.2 Å². The van der Waals surface area contributed by atoms with Crippen LogP contribution in [-0.2, 0) is 4.74 Å². The molecular weight excluding hydrogens is 336 g/mol. The molecule has 1 aliphatic rings. The fourth-order valence-electron chi connectivity index (χ4n) is 2.44. The molecular formula is C15H21BrN2O3. The number of hydrogen-bond donors (Lipinski definition) is 3. The highest BCUT2D eigenvalue weighted by Gasteiger charge is 2.18. The topological polar surface area (TPSA) is 84.6 Å². The zero-order valence-corrected chi connectivity index (χ0v) is 13.4. The van der Waals surface area contributed by atoms with Crippen molar-refractivity contribution < 1.29 is 14.6 Å². The van der Waals surface area contributed by atoms with Crippen LogP contribution in [0.4, 0.5) is 0 Å². The van der Waals surface area contributed by atoms with Crippen LogP contribution in [0.2, 0.25) is 0 Å². The van der Waals surface area contributed by atoms with Gasteiger partial charge in [-0.2, -0.15) is 0 Å². The summed E-state index contributed by atoms with van der Waals surface area (Å²) in [5, 5.41) is 12.5. The Morgan fingerprint density at radius 2 is 2.10 bits per heavy atom. The van der Waals surface area contributed by atoms with E-state index < -0.39 is 0 Å². The summed E-state index contributed by atoms with van der Waals surface area (Å²) in [5.41, 5.74) is 6.11. The number of carbonyl (C=O) groups excluding carboxylic acids is 1. The average molecular weight is 357 g/mol. The van der Waals surface area contributed by atoms with Crippen molar-refractivity contribution in [2.24, 2.45) is 5.73 Å². The first kappa shape index (κ1) is 16.3. The first-order valence-electron chi connectivity index (χ1n) is 7.20. The van der Waals surface area contributed by atoms with Gasteiger partial charge in [-0.3, -0.25) is 4.79 Å². The molecule has 0 bridgehead atoms. The highest BCUT2D eigenvalue weighted by atomic mass is 79.9. The van der Waals surface area contributed by atoms with Gasteiger partial charge in [0.1, 0.15) is 5.75 Å². The average Bonchev–Trinajstić information content (AvgIpc) is 2.45. The van der Waals surface area contributed by atoms with Crippen LogP contribution in [0.15, 0.2) is 22.7 Å². The van der Waals surface area contributed by atoms with E-state index >= 15 is 0 Å². The largest absolute Gasteiger partial charge is 0.507 e. The van der Waals surface area contributed by atoms with Gasteiger partial charge in [0.15, 0.2) is 0 Å². The Kier molecular flexibility index (Phi) is 6.02. The predicted octanol–water partition coefficient (Wildman–Crippen LogP) is 2.17. The number of halogens is 1. The summed E-state index contributed by atoms with van der Waals surface area (Å²) in [5.74, 6) is -0.335. The first-order chi connectivity index (χ1) is 10.1. The Hall–Kier alpha value is -1.11. The number of aromatic hydroxyl groups is 1. The highest BCUT2D eigenvalue weighted by molar-refractivity contribution is 9.10. The van der Waals surface area contributed by atoms with E-state index in [4.69, 9.17) is 10.5 Å². The molecule has 0 spiro atoms. The second-order valence-electron chi connectivity index (χ2n) is 5.32. The van der Waals surface area contributed by atoms with Crippen LogP contribution in [0.1, 0.15) is 36.0 Å². The van der Waals surface area contributed by atoms with Crippen LogP contribution in [0.5, 0.6) is 5.75 Å². The maximum Gasteiger partial charge on any atom is 0.255 e. The van der Waals surface area contributed by atoms with E-state index in [-0.39, 0.29) is 23.3 Å². The van der Waals surface area contributed by atoms with Gasteiger partial charge in [-0.05, 0) is 43.9 Å². The number of hydrogen-bond acceptors (Lipinski definition) is 4. The molecule has 116 valence electrons. The molecule has 6 heteroatoms. The smallest absolute Gasteiger partial charge is 0.255 e. The van der Waals surface area contributed by atoms with Crippen LogP contribution >= 0.6 is 15.9 Å². The van der Waals surface area contributed by atoms with Gasteiger partial charge in [-0.1, -0.05) is 15.9 Å². The molecule has 0 atom stereocenters. The lowest BCUT2D eigenvalue weighted by atomic mass is 9.94. The standard InChI is InChI=1S/C15H21BrN2O3/c16-10-1-6-13(14(19)9-10)15(20)18-7-8-21-12-4-2-11(17)3-5-12/h1,6,9,11-12,19H,2-5,7-8,17H2,(H,18,20). The Bertz CT molecular complexity index is 488. The number of nitrogens with two attached hydrogens (primary N) is 1. The van der Waals surface area contributed by atoms with Crippen molar-refractivity contribution >= 4 is 21.8 Å². The molecule has 0 aromatic heterocycles. The lowest BCUT2D eigenvalue weighted by molar-refractivity contribution is 0.0267. The van der Waals surface area contributed by atoms with Gasteiger partial charge in [0, 0.05) is 17.1 Å². The van der Waals surface area contributed by atoms with Crippen molar-refractivity contribution in [3.8, 4) is 5.75 Å². The molecule has 0 unspecified atom stereocenters. The third-order valence-corrected chi connectivity index (χ3v) is 4.16. The van der Waals surface area contributed by atoms with E-state index in [1.54, 1.807) is 12.1 Å². The maximum atomic E-state index is 11.9. The summed E-state index contributed by atoms with van der Waals surface area (Å²) in [6, 6.07) is 5.11. The minimum atomic E-state index is -0.297. The van der Waals surface area contributed by atoms with Crippen LogP contribution in [0.3, 0.4) is 0 Å². The number of ether oxygens (including phenoxy) is 1. The molecule has 1 amide bonds. The van der Waals surface area contributed by atoms with Gasteiger partial charge in [-0.15, -0.1) is 0 Å². The van der Waals surface area contributed by atoms with E-state index in [2.05, 4.69) is 21.2 Å². The third kappa shape index (κ3) is 4.98. The molecule has 0 radical (unpaired) electrons.